The van der Waals surface area contributed by atoms with Gasteiger partial charge in [-0.25, -0.2) is 9.67 Å². The van der Waals surface area contributed by atoms with E-state index in [0.29, 0.717) is 23.2 Å². The summed E-state index contributed by atoms with van der Waals surface area (Å²) in [5.74, 6) is 0. The summed E-state index contributed by atoms with van der Waals surface area (Å²) in [4.78, 5) is 16.8. The second-order valence-electron chi connectivity index (χ2n) is 5.08. The van der Waals surface area contributed by atoms with Gasteiger partial charge in [0.15, 0.2) is 0 Å². The Morgan fingerprint density at radius 1 is 1.38 bits per heavy atom. The van der Waals surface area contributed by atoms with E-state index < -0.39 is 0 Å². The van der Waals surface area contributed by atoms with Gasteiger partial charge in [-0.05, 0) is 12.8 Å². The fourth-order valence-electron chi connectivity index (χ4n) is 2.08. The first-order valence-electron chi connectivity index (χ1n) is 6.73. The summed E-state index contributed by atoms with van der Waals surface area (Å²) in [6.45, 7) is 1.16. The SMILES string of the molecule is O=c1cc(Cn2cc(CNC3CC3)nn2)nc2scnn12. The van der Waals surface area contributed by atoms with Crippen LogP contribution in [0.3, 0.4) is 0 Å². The summed E-state index contributed by atoms with van der Waals surface area (Å²) < 4.78 is 2.99. The highest BCUT2D eigenvalue weighted by Gasteiger charge is 2.20. The van der Waals surface area contributed by atoms with Gasteiger partial charge in [-0.2, -0.15) is 9.61 Å². The first-order chi connectivity index (χ1) is 10.3. The van der Waals surface area contributed by atoms with Gasteiger partial charge in [-0.1, -0.05) is 16.6 Å². The number of aromatic nitrogens is 6. The molecule has 1 N–H and O–H groups in total. The van der Waals surface area contributed by atoms with Crippen molar-refractivity contribution >= 4 is 16.3 Å². The average molecular weight is 303 g/mol. The molecule has 0 atom stereocenters. The highest BCUT2D eigenvalue weighted by Crippen LogP contribution is 2.18. The molecule has 0 saturated heterocycles. The van der Waals surface area contributed by atoms with Crippen LogP contribution in [0.1, 0.15) is 24.2 Å². The first-order valence-corrected chi connectivity index (χ1v) is 7.61. The molecule has 4 rings (SSSR count). The van der Waals surface area contributed by atoms with Crippen LogP contribution in [0.4, 0.5) is 0 Å². The molecule has 3 aromatic heterocycles. The van der Waals surface area contributed by atoms with Gasteiger partial charge in [0.05, 0.1) is 24.1 Å². The number of nitrogens with one attached hydrogen (secondary N) is 1. The molecule has 9 heteroatoms. The summed E-state index contributed by atoms with van der Waals surface area (Å²) in [6, 6.07) is 2.13. The summed E-state index contributed by atoms with van der Waals surface area (Å²) in [5, 5.41) is 15.5. The van der Waals surface area contributed by atoms with Crippen LogP contribution in [0.5, 0.6) is 0 Å². The zero-order valence-corrected chi connectivity index (χ0v) is 12.0. The minimum absolute atomic E-state index is 0.174. The van der Waals surface area contributed by atoms with Gasteiger partial charge in [0.25, 0.3) is 5.56 Å². The predicted molar refractivity (Wildman–Crippen MR) is 76.1 cm³/mol. The highest BCUT2D eigenvalue weighted by atomic mass is 32.1. The minimum atomic E-state index is -0.174. The molecule has 8 nitrogen and oxygen atoms in total. The molecule has 0 bridgehead atoms. The smallest absolute Gasteiger partial charge is 0.275 e. The highest BCUT2D eigenvalue weighted by molar-refractivity contribution is 7.14. The zero-order chi connectivity index (χ0) is 14.2. The molecule has 0 aliphatic heterocycles. The summed E-state index contributed by atoms with van der Waals surface area (Å²) >= 11 is 1.34. The van der Waals surface area contributed by atoms with Gasteiger partial charge in [0.1, 0.15) is 5.51 Å². The van der Waals surface area contributed by atoms with Gasteiger partial charge < -0.3 is 5.32 Å². The summed E-state index contributed by atoms with van der Waals surface area (Å²) in [7, 11) is 0. The van der Waals surface area contributed by atoms with E-state index in [4.69, 9.17) is 0 Å². The third-order valence-electron chi connectivity index (χ3n) is 3.30. The fraction of sp³-hybridized carbons (Fsp3) is 0.417. The molecule has 1 saturated carbocycles. The van der Waals surface area contributed by atoms with Crippen molar-refractivity contribution in [2.24, 2.45) is 0 Å². The van der Waals surface area contributed by atoms with E-state index in [2.05, 4.69) is 25.7 Å². The second-order valence-corrected chi connectivity index (χ2v) is 5.89. The molecule has 3 heterocycles. The molecule has 108 valence electrons. The first kappa shape index (κ1) is 12.6. The Morgan fingerprint density at radius 2 is 2.29 bits per heavy atom. The monoisotopic (exact) mass is 303 g/mol. The molecule has 0 spiro atoms. The Bertz CT molecular complexity index is 831. The van der Waals surface area contributed by atoms with Crippen molar-refractivity contribution in [2.45, 2.75) is 32.0 Å². The predicted octanol–water partition coefficient (Wildman–Crippen LogP) is 0.0428. The van der Waals surface area contributed by atoms with E-state index in [0.717, 1.165) is 12.2 Å². The van der Waals surface area contributed by atoms with Crippen LogP contribution in [-0.4, -0.2) is 35.6 Å². The maximum absolute atomic E-state index is 11.9. The molecular formula is C12H13N7OS. The minimum Gasteiger partial charge on any atom is -0.308 e. The zero-order valence-electron chi connectivity index (χ0n) is 11.1. The Kier molecular flexibility index (Phi) is 3.00. The maximum Gasteiger partial charge on any atom is 0.275 e. The van der Waals surface area contributed by atoms with Crippen LogP contribution in [0.15, 0.2) is 22.6 Å². The van der Waals surface area contributed by atoms with Crippen LogP contribution < -0.4 is 10.9 Å². The van der Waals surface area contributed by atoms with Crippen LogP contribution >= 0.6 is 11.3 Å². The Labute approximate surface area is 123 Å². The molecule has 1 fully saturated rings. The number of nitrogens with zero attached hydrogens (tertiary/aromatic N) is 6. The van der Waals surface area contributed by atoms with E-state index in [9.17, 15) is 4.79 Å². The third-order valence-corrected chi connectivity index (χ3v) is 3.97. The lowest BCUT2D eigenvalue weighted by Crippen LogP contribution is -2.16. The van der Waals surface area contributed by atoms with Gasteiger partial charge in [-0.3, -0.25) is 4.79 Å². The van der Waals surface area contributed by atoms with Crippen LogP contribution in [0.2, 0.25) is 0 Å². The maximum atomic E-state index is 11.9. The lowest BCUT2D eigenvalue weighted by molar-refractivity contribution is 0.635. The molecule has 21 heavy (non-hydrogen) atoms. The van der Waals surface area contributed by atoms with Crippen LogP contribution in [0, 0.1) is 0 Å². The molecule has 0 amide bonds. The van der Waals surface area contributed by atoms with Crippen molar-refractivity contribution in [1.82, 2.24) is 34.9 Å². The van der Waals surface area contributed by atoms with E-state index in [1.54, 1.807) is 10.2 Å². The molecule has 0 aromatic carbocycles. The van der Waals surface area contributed by atoms with Crippen LogP contribution in [-0.2, 0) is 13.1 Å². The molecule has 0 unspecified atom stereocenters. The second kappa shape index (κ2) is 5.01. The molecular weight excluding hydrogens is 290 g/mol. The van der Waals surface area contributed by atoms with E-state index in [-0.39, 0.29) is 5.56 Å². The van der Waals surface area contributed by atoms with E-state index >= 15 is 0 Å². The van der Waals surface area contributed by atoms with Gasteiger partial charge in [0.2, 0.25) is 4.96 Å². The molecule has 0 radical (unpaired) electrons. The summed E-state index contributed by atoms with van der Waals surface area (Å²) in [6.07, 6.45) is 4.37. The van der Waals surface area contributed by atoms with Gasteiger partial charge in [0, 0.05) is 18.7 Å². The Morgan fingerprint density at radius 3 is 3.14 bits per heavy atom. The standard InChI is InChI=1S/C12H13N7OS/c20-11-3-9(15-12-19(11)14-7-21-12)5-18-6-10(16-17-18)4-13-8-1-2-8/h3,6-8,13H,1-2,4-5H2. The Hall–Kier alpha value is -2.13. The number of fused-ring (bicyclic) bond motifs is 1. The average Bonchev–Trinajstić information content (AvgIpc) is 2.98. The molecule has 3 aromatic rings. The largest absolute Gasteiger partial charge is 0.308 e. The van der Waals surface area contributed by atoms with Crippen molar-refractivity contribution in [1.29, 1.82) is 0 Å². The number of hydrogen-bond donors (Lipinski definition) is 1. The van der Waals surface area contributed by atoms with Crippen molar-refractivity contribution in [3.8, 4) is 0 Å². The topological polar surface area (TPSA) is 90.0 Å². The molecule has 1 aliphatic rings. The Balaban J connectivity index is 1.52. The van der Waals surface area contributed by atoms with E-state index in [1.165, 1.54) is 34.8 Å². The number of hydrogen-bond acceptors (Lipinski definition) is 7. The van der Waals surface area contributed by atoms with Crippen molar-refractivity contribution in [3.05, 3.63) is 39.5 Å². The lowest BCUT2D eigenvalue weighted by Gasteiger charge is -2.00. The summed E-state index contributed by atoms with van der Waals surface area (Å²) in [5.41, 5.74) is 2.99. The third kappa shape index (κ3) is 2.69. The quantitative estimate of drug-likeness (QED) is 0.716. The van der Waals surface area contributed by atoms with Gasteiger partial charge >= 0.3 is 0 Å². The van der Waals surface area contributed by atoms with Crippen molar-refractivity contribution < 1.29 is 0 Å². The van der Waals surface area contributed by atoms with Gasteiger partial charge in [-0.15, -0.1) is 5.10 Å². The molecule has 1 aliphatic carbocycles. The van der Waals surface area contributed by atoms with E-state index in [1.807, 2.05) is 6.20 Å². The lowest BCUT2D eigenvalue weighted by atomic mass is 10.4. The van der Waals surface area contributed by atoms with Crippen LogP contribution in [0.25, 0.3) is 4.96 Å². The normalized spacial score (nSPS) is 14.9. The number of rotatable bonds is 5. The fourth-order valence-corrected chi connectivity index (χ4v) is 2.72. The van der Waals surface area contributed by atoms with Crippen molar-refractivity contribution in [3.63, 3.8) is 0 Å². The van der Waals surface area contributed by atoms with Crippen molar-refractivity contribution in [2.75, 3.05) is 0 Å².